The van der Waals surface area contributed by atoms with E-state index in [1.54, 1.807) is 12.1 Å². The minimum atomic E-state index is -4.15. The fourth-order valence-corrected chi connectivity index (χ4v) is 5.20. The minimum Gasteiger partial charge on any atom is -0.385 e. The number of nitriles is 1. The Morgan fingerprint density at radius 1 is 1.23 bits per heavy atom. The summed E-state index contributed by atoms with van der Waals surface area (Å²) in [7, 11) is -4.15. The number of carbonyl (C=O) groups excluding carboxylic acids is 1. The molecule has 7 nitrogen and oxygen atoms in total. The molecular weight excluding hydrogens is 422 g/mol. The summed E-state index contributed by atoms with van der Waals surface area (Å²) < 4.78 is 27.0. The van der Waals surface area contributed by atoms with Crippen molar-refractivity contribution in [2.24, 2.45) is 0 Å². The van der Waals surface area contributed by atoms with Crippen molar-refractivity contribution < 1.29 is 18.3 Å². The fraction of sp³-hybridized carbons (Fsp3) is 0.476. The first-order valence-corrected chi connectivity index (χ1v) is 11.9. The zero-order valence-corrected chi connectivity index (χ0v) is 19.6. The van der Waals surface area contributed by atoms with E-state index in [2.05, 4.69) is 15.8 Å². The van der Waals surface area contributed by atoms with Crippen molar-refractivity contribution in [1.82, 2.24) is 9.71 Å². The summed E-state index contributed by atoms with van der Waals surface area (Å²) in [6.45, 7) is 10.9. The van der Waals surface area contributed by atoms with Gasteiger partial charge in [-0.3, -0.25) is 4.79 Å². The Bertz CT molecular complexity index is 1060. The molecule has 0 saturated heterocycles. The first-order valence-electron chi connectivity index (χ1n) is 9.57. The smallest absolute Gasteiger partial charge is 0.291 e. The summed E-state index contributed by atoms with van der Waals surface area (Å²) in [5, 5.41) is 19.3. The third kappa shape index (κ3) is 5.45. The molecule has 1 heterocycles. The van der Waals surface area contributed by atoms with E-state index in [-0.39, 0.29) is 22.6 Å². The van der Waals surface area contributed by atoms with E-state index in [0.29, 0.717) is 10.4 Å². The van der Waals surface area contributed by atoms with Crippen molar-refractivity contribution in [3.8, 4) is 6.07 Å². The first kappa shape index (κ1) is 24.0. The Labute approximate surface area is 181 Å². The summed E-state index contributed by atoms with van der Waals surface area (Å²) in [5.74, 6) is -0.560. The molecule has 0 radical (unpaired) electrons. The molecule has 0 aliphatic carbocycles. The maximum Gasteiger partial charge on any atom is 0.291 e. The van der Waals surface area contributed by atoms with Gasteiger partial charge in [-0.15, -0.1) is 11.3 Å². The number of nitrogens with one attached hydrogen (secondary N) is 1. The average Bonchev–Trinajstić information content (AvgIpc) is 3.12. The van der Waals surface area contributed by atoms with Crippen LogP contribution in [0.5, 0.6) is 0 Å². The summed E-state index contributed by atoms with van der Waals surface area (Å²) in [4.78, 5) is 16.9. The molecule has 0 aliphatic heterocycles. The van der Waals surface area contributed by atoms with Crippen LogP contribution >= 0.6 is 11.3 Å². The molecule has 0 fully saturated rings. The van der Waals surface area contributed by atoms with Gasteiger partial charge in [-0.1, -0.05) is 27.7 Å². The second kappa shape index (κ2) is 8.84. The molecule has 2 aromatic rings. The third-order valence-corrected chi connectivity index (χ3v) is 7.67. The van der Waals surface area contributed by atoms with Gasteiger partial charge in [0.1, 0.15) is 0 Å². The van der Waals surface area contributed by atoms with Crippen LogP contribution in [0.3, 0.4) is 0 Å². The number of thiazole rings is 1. The number of benzene rings is 1. The van der Waals surface area contributed by atoms with Crippen molar-refractivity contribution in [3.05, 3.63) is 45.5 Å². The molecular formula is C21H27N3O4S2. The molecule has 9 heteroatoms. The maximum atomic E-state index is 12.7. The monoisotopic (exact) mass is 449 g/mol. The van der Waals surface area contributed by atoms with E-state index in [4.69, 9.17) is 0 Å². The highest BCUT2D eigenvalue weighted by molar-refractivity contribution is 7.92. The lowest BCUT2D eigenvalue weighted by Crippen LogP contribution is -2.32. The number of sulfonamides is 1. The summed E-state index contributed by atoms with van der Waals surface area (Å²) in [5.41, 5.74) is 1.73. The van der Waals surface area contributed by atoms with Crippen LogP contribution in [0.1, 0.15) is 80.5 Å². The van der Waals surface area contributed by atoms with Crippen LogP contribution in [-0.4, -0.2) is 24.4 Å². The maximum absolute atomic E-state index is 12.7. The van der Waals surface area contributed by atoms with Crippen molar-refractivity contribution in [1.29, 1.82) is 5.26 Å². The molecule has 1 amide bonds. The Kier molecular flexibility index (Phi) is 7.07. The molecule has 1 aromatic heterocycles. The van der Waals surface area contributed by atoms with E-state index < -0.39 is 21.5 Å². The zero-order valence-electron chi connectivity index (χ0n) is 18.0. The lowest BCUT2D eigenvalue weighted by atomic mass is 9.85. The van der Waals surface area contributed by atoms with Crippen molar-refractivity contribution in [2.75, 3.05) is 0 Å². The second-order valence-electron chi connectivity index (χ2n) is 8.31. The predicted octanol–water partition coefficient (Wildman–Crippen LogP) is 3.54. The van der Waals surface area contributed by atoms with Gasteiger partial charge in [-0.05, 0) is 54.5 Å². The minimum absolute atomic E-state index is 0.0588. The molecule has 0 spiro atoms. The largest absolute Gasteiger partial charge is 0.385 e. The normalized spacial score (nSPS) is 12.3. The number of aliphatic hydroxyl groups is 1. The highest BCUT2D eigenvalue weighted by Crippen LogP contribution is 2.31. The molecule has 1 aromatic carbocycles. The van der Waals surface area contributed by atoms with Crippen LogP contribution in [-0.2, 0) is 26.8 Å². The number of amides is 1. The fourth-order valence-electron chi connectivity index (χ4n) is 3.07. The SMILES string of the molecule is CC(C)c1cc(C#N)cc(C(C)C)c1CC(=O)NS(=O)(=O)c1ncc(C(C)(C)O)s1. The number of carbonyl (C=O) groups is 1. The Balaban J connectivity index is 2.36. The number of rotatable bonds is 7. The Hall–Kier alpha value is -2.28. The zero-order chi connectivity index (χ0) is 22.9. The van der Waals surface area contributed by atoms with Crippen molar-refractivity contribution in [3.63, 3.8) is 0 Å². The van der Waals surface area contributed by atoms with Gasteiger partial charge in [-0.25, -0.2) is 9.71 Å². The molecule has 30 heavy (non-hydrogen) atoms. The van der Waals surface area contributed by atoms with Crippen LogP contribution in [0.4, 0.5) is 0 Å². The molecule has 162 valence electrons. The first-order chi connectivity index (χ1) is 13.8. The van der Waals surface area contributed by atoms with Gasteiger partial charge in [0.15, 0.2) is 0 Å². The van der Waals surface area contributed by atoms with E-state index >= 15 is 0 Å². The average molecular weight is 450 g/mol. The summed E-state index contributed by atoms with van der Waals surface area (Å²) in [6.07, 6.45) is 1.16. The predicted molar refractivity (Wildman–Crippen MR) is 116 cm³/mol. The number of aromatic nitrogens is 1. The Morgan fingerprint density at radius 3 is 2.17 bits per heavy atom. The summed E-state index contributed by atoms with van der Waals surface area (Å²) in [6, 6.07) is 5.66. The van der Waals surface area contributed by atoms with E-state index in [1.807, 2.05) is 27.7 Å². The number of nitrogens with zero attached hydrogens (tertiary/aromatic N) is 2. The molecule has 2 rings (SSSR count). The van der Waals surface area contributed by atoms with Crippen LogP contribution in [0.15, 0.2) is 22.7 Å². The quantitative estimate of drug-likeness (QED) is 0.667. The Morgan fingerprint density at radius 2 is 1.77 bits per heavy atom. The molecule has 0 atom stereocenters. The lowest BCUT2D eigenvalue weighted by molar-refractivity contribution is -0.118. The van der Waals surface area contributed by atoms with E-state index in [9.17, 15) is 23.6 Å². The second-order valence-corrected chi connectivity index (χ2v) is 11.2. The highest BCUT2D eigenvalue weighted by atomic mass is 32.2. The van der Waals surface area contributed by atoms with Gasteiger partial charge < -0.3 is 5.11 Å². The van der Waals surface area contributed by atoms with Crippen LogP contribution < -0.4 is 4.72 Å². The van der Waals surface area contributed by atoms with Crippen LogP contribution in [0.25, 0.3) is 0 Å². The van der Waals surface area contributed by atoms with Crippen LogP contribution in [0, 0.1) is 11.3 Å². The molecule has 0 aliphatic rings. The third-order valence-electron chi connectivity index (χ3n) is 4.59. The van der Waals surface area contributed by atoms with Crippen molar-refractivity contribution in [2.45, 2.75) is 69.7 Å². The van der Waals surface area contributed by atoms with Crippen LogP contribution in [0.2, 0.25) is 0 Å². The standard InChI is InChI=1S/C21H27N3O4S2/c1-12(2)15-7-14(10-22)8-16(13(3)4)17(15)9-19(25)24-30(27,28)20-23-11-18(29-20)21(5,6)26/h7-8,11-13,26H,9H2,1-6H3,(H,24,25). The molecule has 0 saturated carbocycles. The van der Waals surface area contributed by atoms with Gasteiger partial charge in [-0.2, -0.15) is 13.7 Å². The van der Waals surface area contributed by atoms with Gasteiger partial charge in [0.25, 0.3) is 10.0 Å². The number of hydrogen-bond donors (Lipinski definition) is 2. The molecule has 0 bridgehead atoms. The van der Waals surface area contributed by atoms with Gasteiger partial charge in [0.05, 0.1) is 28.5 Å². The van der Waals surface area contributed by atoms with Gasteiger partial charge in [0.2, 0.25) is 10.2 Å². The van der Waals surface area contributed by atoms with Gasteiger partial charge in [0, 0.05) is 6.20 Å². The topological polar surface area (TPSA) is 120 Å². The van der Waals surface area contributed by atoms with E-state index in [1.165, 1.54) is 20.0 Å². The highest BCUT2D eigenvalue weighted by Gasteiger charge is 2.27. The molecule has 2 N–H and O–H groups in total. The lowest BCUT2D eigenvalue weighted by Gasteiger charge is -2.20. The van der Waals surface area contributed by atoms with Gasteiger partial charge >= 0.3 is 0 Å². The number of hydrogen-bond acceptors (Lipinski definition) is 7. The van der Waals surface area contributed by atoms with E-state index in [0.717, 1.165) is 28.0 Å². The summed E-state index contributed by atoms with van der Waals surface area (Å²) >= 11 is 0.816. The van der Waals surface area contributed by atoms with Crippen molar-refractivity contribution >= 4 is 27.3 Å². The molecule has 0 unspecified atom stereocenters.